The topological polar surface area (TPSA) is 499 Å². The Labute approximate surface area is 423 Å². The van der Waals surface area contributed by atoms with Gasteiger partial charge in [-0.1, -0.05) is 4.98 Å². The van der Waals surface area contributed by atoms with Crippen molar-refractivity contribution in [2.45, 2.75) is 73.9 Å². The largest absolute Gasteiger partial charge is 0.488 e. The number of H-pyrrole nitrogens is 2. The van der Waals surface area contributed by atoms with Crippen molar-refractivity contribution >= 4 is 76.1 Å². The minimum atomic E-state index is -5.97. The number of hydrogen-bond donors (Lipinski definition) is 11. The first-order valence-electron chi connectivity index (χ1n) is 21.6. The van der Waals surface area contributed by atoms with Crippen LogP contribution in [0.15, 0.2) is 45.6 Å². The minimum absolute atomic E-state index is 0.0299. The van der Waals surface area contributed by atoms with Crippen molar-refractivity contribution in [2.24, 2.45) is 13.0 Å². The van der Waals surface area contributed by atoms with Crippen LogP contribution in [0.3, 0.4) is 0 Å². The number of aromatic nitrogens is 10. The van der Waals surface area contributed by atoms with Crippen LogP contribution in [0.5, 0.6) is 0 Å². The van der Waals surface area contributed by atoms with E-state index in [0.717, 1.165) is 36.6 Å². The lowest BCUT2D eigenvalue weighted by Crippen LogP contribution is -2.45. The Hall–Kier alpha value is -4.20. The molecule has 5 aromatic heterocycles. The number of anilines is 2. The number of aryl methyl sites for hydroxylation is 1. The Bertz CT molecular complexity index is 3290. The first kappa shape index (κ1) is 57.0. The van der Waals surface area contributed by atoms with Crippen LogP contribution in [-0.4, -0.2) is 168 Å². The third-order valence-corrected chi connectivity index (χ3v) is 18.0. The van der Waals surface area contributed by atoms with E-state index >= 15 is 0 Å². The highest BCUT2D eigenvalue weighted by molar-refractivity contribution is 8.08. The molecule has 36 nitrogen and oxygen atoms in total. The number of aromatic amines is 2. The van der Waals surface area contributed by atoms with E-state index in [2.05, 4.69) is 33.5 Å². The zero-order chi connectivity index (χ0) is 54.5. The molecule has 4 unspecified atom stereocenters. The second-order valence-electron chi connectivity index (χ2n) is 16.7. The van der Waals surface area contributed by atoms with Gasteiger partial charge in [0.05, 0.1) is 39.3 Å². The fraction of sp³-hybridized carbons (Fsp3) is 0.588. The van der Waals surface area contributed by atoms with Gasteiger partial charge in [0.15, 0.2) is 30.2 Å². The predicted octanol–water partition coefficient (Wildman–Crippen LogP) is -3.47. The highest BCUT2D eigenvalue weighted by atomic mass is 32.5. The molecule has 414 valence electrons. The number of nitrogens with one attached hydrogen (secondary N) is 2. The van der Waals surface area contributed by atoms with Gasteiger partial charge in [0.2, 0.25) is 11.7 Å². The van der Waals surface area contributed by atoms with Gasteiger partial charge in [0.1, 0.15) is 54.6 Å². The van der Waals surface area contributed by atoms with Crippen LogP contribution in [0.25, 0.3) is 22.3 Å². The fourth-order valence-electron chi connectivity index (χ4n) is 8.49. The number of aliphatic hydroxyl groups is 3. The lowest BCUT2D eigenvalue weighted by molar-refractivity contribution is -0.745. The number of imidazole rings is 2. The molecule has 3 fully saturated rings. The summed E-state index contributed by atoms with van der Waals surface area (Å²) in [5.41, 5.74) is 9.53. The number of nitrogen functional groups attached to an aromatic ring is 2. The van der Waals surface area contributed by atoms with Crippen molar-refractivity contribution in [3.05, 3.63) is 62.4 Å². The maximum atomic E-state index is 13.6. The predicted molar refractivity (Wildman–Crippen MR) is 248 cm³/mol. The van der Waals surface area contributed by atoms with E-state index in [9.17, 15) is 63.0 Å². The first-order valence-corrected chi connectivity index (χ1v) is 28.7. The van der Waals surface area contributed by atoms with Crippen molar-refractivity contribution in [1.82, 2.24) is 43.6 Å². The lowest BCUT2D eigenvalue weighted by Gasteiger charge is -2.26. The molecule has 8 heterocycles. The third-order valence-electron chi connectivity index (χ3n) is 11.8. The first-order chi connectivity index (χ1) is 35.2. The summed E-state index contributed by atoms with van der Waals surface area (Å²) in [5, 5.41) is 32.7. The van der Waals surface area contributed by atoms with Crippen LogP contribution in [0, 0.1) is 5.92 Å². The van der Waals surface area contributed by atoms with Crippen LogP contribution < -0.4 is 32.8 Å². The fourth-order valence-corrected chi connectivity index (χ4v) is 13.9. The zero-order valence-corrected chi connectivity index (χ0v) is 43.2. The van der Waals surface area contributed by atoms with Gasteiger partial charge in [-0.2, -0.15) is 4.31 Å². The van der Waals surface area contributed by atoms with Crippen LogP contribution in [-0.2, 0) is 83.0 Å². The average molecular weight is 1170 g/mol. The molecule has 3 aliphatic rings. The molecule has 8 rings (SSSR count). The zero-order valence-electron chi connectivity index (χ0n) is 38.9. The van der Waals surface area contributed by atoms with Gasteiger partial charge < -0.3 is 74.6 Å². The molecule has 0 bridgehead atoms. The third kappa shape index (κ3) is 12.4. The van der Waals surface area contributed by atoms with Gasteiger partial charge >= 0.3 is 41.5 Å². The quantitative estimate of drug-likeness (QED) is 0.0237. The summed E-state index contributed by atoms with van der Waals surface area (Å²) in [6.07, 6.45) is -12.5. The monoisotopic (exact) mass is 1170 g/mol. The van der Waals surface area contributed by atoms with Crippen molar-refractivity contribution in [1.29, 1.82) is 0 Å². The Morgan fingerprint density at radius 3 is 2.21 bits per heavy atom. The summed E-state index contributed by atoms with van der Waals surface area (Å²) in [6.45, 7) is -7.80. The Morgan fingerprint density at radius 1 is 0.813 bits per heavy atom. The summed E-state index contributed by atoms with van der Waals surface area (Å²) < 4.78 is 103. The molecule has 0 spiro atoms. The molecule has 0 radical (unpaired) electrons. The molecule has 41 heteroatoms. The van der Waals surface area contributed by atoms with Gasteiger partial charge in [-0.05, 0) is 18.2 Å². The molecule has 0 aliphatic carbocycles. The second-order valence-corrected chi connectivity index (χ2v) is 24.1. The number of phosphoric acid groups is 3. The number of fused-ring (bicyclic) bond motifs is 2. The number of nitrogens with zero attached hydrogens (tertiary/aromatic N) is 8. The number of nitrogens with two attached hydrogens (primary N) is 2. The lowest BCUT2D eigenvalue weighted by atomic mass is 9.95. The molecular weight excluding hydrogens is 1120 g/mol. The summed E-state index contributed by atoms with van der Waals surface area (Å²) in [5.74, 6) is -1.15. The maximum absolute atomic E-state index is 13.6. The highest BCUT2D eigenvalue weighted by Gasteiger charge is 2.53. The summed E-state index contributed by atoms with van der Waals surface area (Å²) in [4.78, 5) is 100. The summed E-state index contributed by atoms with van der Waals surface area (Å²) in [6, 6.07) is 0.935. The van der Waals surface area contributed by atoms with Gasteiger partial charge in [-0.25, -0.2) is 42.3 Å². The van der Waals surface area contributed by atoms with Crippen molar-refractivity contribution < 1.29 is 104 Å². The normalized spacial score (nSPS) is 30.4. The molecule has 0 saturated carbocycles. The standard InChI is InChI=1S/C34H48N12O24P4S/c1-43-13-46(28-20(43)29(51)42-33(36)41-28)30-21(48)14(5-7-60-2)15(65-30)8-64-74(59,75)70-73(57,58)69-72(55,56)63-10-17-24(25(61-3)32(67-17)45-12-39-19-26(35)37-11-38-27(19)45)68-71(53,54)62-9-16-22(49)23(50)31(66-16)44-6-4-18(47)40-34(44)52/h4,6,11-17,21-25,30-32,48-50H,5,7-10H2,1-3H3,(H9-,35,36,37,38,40,41,42,47,51,52,53,54,55,56,57,58,59,75)/p+1/t14-,15-,16-,17-,21-,22-,23-,24-,25-,30-,31-,32-,74?/m1/s1. The molecule has 3 aliphatic heterocycles. The molecule has 5 aromatic rings. The Morgan fingerprint density at radius 2 is 1.51 bits per heavy atom. The molecule has 16 atom stereocenters. The molecular formula is C34H49N12O24P4S+. The highest BCUT2D eigenvalue weighted by Crippen LogP contribution is 2.68. The van der Waals surface area contributed by atoms with Crippen LogP contribution in [0.2, 0.25) is 0 Å². The number of methoxy groups -OCH3 is 2. The SMILES string of the molecule is COCC[C@H]1[C@@H](O)[C@H]([n+]2cn(C)c3c(=O)[nH]c(N)nc32)O[C@@H]1COP(O)(=S)OP(=O)(O)OP(=O)(O)OC[C@H]1O[C@@H](n2cnc3c(N)ncnc32)[C@H](OC)[C@@H]1OP(=O)(O)OC[C@H]1O[C@@H](n2ccc(=O)[nH]c2=O)[C@H](O)[C@@H]1O. The van der Waals surface area contributed by atoms with E-state index in [1.807, 2.05) is 4.98 Å². The van der Waals surface area contributed by atoms with Crippen molar-refractivity contribution in [3.63, 3.8) is 0 Å². The van der Waals surface area contributed by atoms with Gasteiger partial charge in [-0.15, -0.1) is 0 Å². The number of aliphatic hydroxyl groups excluding tert-OH is 3. The number of hydrogen-bond acceptors (Lipinski definition) is 27. The molecule has 75 heavy (non-hydrogen) atoms. The Kier molecular flexibility index (Phi) is 16.9. The molecule has 3 saturated heterocycles. The summed E-state index contributed by atoms with van der Waals surface area (Å²) in [7, 11) is -13.2. The van der Waals surface area contributed by atoms with E-state index in [1.165, 1.54) is 34.2 Å². The maximum Gasteiger partial charge on any atom is 0.488 e. The van der Waals surface area contributed by atoms with E-state index in [-0.39, 0.29) is 47.1 Å². The van der Waals surface area contributed by atoms with Crippen molar-refractivity contribution in [2.75, 3.05) is 52.1 Å². The number of ether oxygens (including phenoxy) is 5. The second kappa shape index (κ2) is 22.3. The average Bonchev–Trinajstić information content (AvgIpc) is 4.12. The smallest absolute Gasteiger partial charge is 0.387 e. The van der Waals surface area contributed by atoms with E-state index in [1.54, 1.807) is 0 Å². The van der Waals surface area contributed by atoms with E-state index in [0.29, 0.717) is 0 Å². The molecule has 0 amide bonds. The van der Waals surface area contributed by atoms with Crippen LogP contribution in [0.1, 0.15) is 25.1 Å². The van der Waals surface area contributed by atoms with Crippen LogP contribution >= 0.6 is 30.2 Å². The summed E-state index contributed by atoms with van der Waals surface area (Å²) >= 11 is 4.92. The molecule has 13 N–H and O–H groups in total. The van der Waals surface area contributed by atoms with E-state index < -0.39 is 140 Å². The number of rotatable bonds is 22. The Balaban J connectivity index is 0.942. The van der Waals surface area contributed by atoms with Crippen LogP contribution in [0.4, 0.5) is 11.8 Å². The van der Waals surface area contributed by atoms with Gasteiger partial charge in [0, 0.05) is 39.0 Å². The van der Waals surface area contributed by atoms with Gasteiger partial charge in [0.25, 0.3) is 17.1 Å². The minimum Gasteiger partial charge on any atom is -0.387 e. The number of phosphoric ester groups is 2. The molecule has 0 aromatic carbocycles. The van der Waals surface area contributed by atoms with Gasteiger partial charge in [-0.3, -0.25) is 46.8 Å². The van der Waals surface area contributed by atoms with Crippen molar-refractivity contribution in [3.8, 4) is 0 Å². The van der Waals surface area contributed by atoms with E-state index in [4.69, 9.17) is 65.1 Å².